The Morgan fingerprint density at radius 2 is 2.26 bits per heavy atom. The summed E-state index contributed by atoms with van der Waals surface area (Å²) in [6, 6.07) is 10.5. The Kier molecular flexibility index (Phi) is 4.55. The molecule has 0 aliphatic heterocycles. The van der Waals surface area contributed by atoms with Crippen LogP contribution in [0.25, 0.3) is 0 Å². The molecule has 1 aromatic carbocycles. The summed E-state index contributed by atoms with van der Waals surface area (Å²) in [4.78, 5) is 12.7. The smallest absolute Gasteiger partial charge is 0.319 e. The summed E-state index contributed by atoms with van der Waals surface area (Å²) in [6.45, 7) is 0.472. The van der Waals surface area contributed by atoms with Crippen LogP contribution in [0.15, 0.2) is 40.2 Å². The monoisotopic (exact) mass is 335 g/mol. The number of hydrogen-bond acceptors (Lipinski definition) is 3. The number of anilines is 1. The molecule has 0 spiro atoms. The minimum Gasteiger partial charge on any atom is -0.333 e. The lowest BCUT2D eigenvalue weighted by atomic mass is 10.2. The first-order chi connectivity index (χ1) is 9.17. The van der Waals surface area contributed by atoms with Crippen LogP contribution in [0.4, 0.5) is 10.5 Å². The molecule has 1 aromatic heterocycles. The van der Waals surface area contributed by atoms with Gasteiger partial charge in [0.15, 0.2) is 0 Å². The molecule has 1 heterocycles. The van der Waals surface area contributed by atoms with Crippen LogP contribution in [0, 0.1) is 11.3 Å². The standard InChI is InChI=1S/C13H10BrN3OS/c14-10-5-12(19-8-10)7-16-13(18)17-11-3-1-2-9(4-11)6-15/h1-5,8H,7H2,(H2,16,17,18). The van der Waals surface area contributed by atoms with Crippen molar-refractivity contribution in [1.82, 2.24) is 5.32 Å². The number of hydrogen-bond donors (Lipinski definition) is 2. The zero-order chi connectivity index (χ0) is 13.7. The van der Waals surface area contributed by atoms with E-state index in [1.165, 1.54) is 0 Å². The summed E-state index contributed by atoms with van der Waals surface area (Å²) in [5.41, 5.74) is 1.11. The van der Waals surface area contributed by atoms with Gasteiger partial charge in [0, 0.05) is 20.4 Å². The molecule has 19 heavy (non-hydrogen) atoms. The molecule has 2 aromatic rings. The first-order valence-corrected chi connectivity index (χ1v) is 7.12. The average molecular weight is 336 g/mol. The summed E-state index contributed by atoms with van der Waals surface area (Å²) in [6.07, 6.45) is 0. The number of benzene rings is 1. The van der Waals surface area contributed by atoms with Crippen molar-refractivity contribution in [2.75, 3.05) is 5.32 Å². The van der Waals surface area contributed by atoms with Gasteiger partial charge in [0.2, 0.25) is 0 Å². The van der Waals surface area contributed by atoms with Gasteiger partial charge in [-0.25, -0.2) is 4.79 Å². The van der Waals surface area contributed by atoms with Crippen molar-refractivity contribution in [3.05, 3.63) is 50.6 Å². The van der Waals surface area contributed by atoms with Gasteiger partial charge in [-0.2, -0.15) is 5.26 Å². The van der Waals surface area contributed by atoms with Crippen molar-refractivity contribution < 1.29 is 4.79 Å². The Balaban J connectivity index is 1.89. The number of nitriles is 1. The van der Waals surface area contributed by atoms with E-state index < -0.39 is 0 Å². The molecule has 2 N–H and O–H groups in total. The highest BCUT2D eigenvalue weighted by molar-refractivity contribution is 9.10. The zero-order valence-electron chi connectivity index (χ0n) is 9.81. The van der Waals surface area contributed by atoms with Crippen LogP contribution in [0.5, 0.6) is 0 Å². The summed E-state index contributed by atoms with van der Waals surface area (Å²) in [5, 5.41) is 16.2. The highest BCUT2D eigenvalue weighted by Crippen LogP contribution is 2.19. The normalized spacial score (nSPS) is 9.68. The molecule has 0 saturated carbocycles. The molecule has 0 bridgehead atoms. The summed E-state index contributed by atoms with van der Waals surface area (Å²) >= 11 is 4.93. The molecule has 0 unspecified atom stereocenters. The number of rotatable bonds is 3. The van der Waals surface area contributed by atoms with Gasteiger partial charge < -0.3 is 10.6 Å². The van der Waals surface area contributed by atoms with E-state index in [2.05, 4.69) is 26.6 Å². The van der Waals surface area contributed by atoms with Crippen molar-refractivity contribution >= 4 is 39.0 Å². The Morgan fingerprint density at radius 1 is 1.42 bits per heavy atom. The van der Waals surface area contributed by atoms with E-state index in [0.717, 1.165) is 9.35 Å². The number of carbonyl (C=O) groups is 1. The van der Waals surface area contributed by atoms with Gasteiger partial charge in [-0.05, 0) is 40.2 Å². The van der Waals surface area contributed by atoms with Crippen LogP contribution in [0.3, 0.4) is 0 Å². The highest BCUT2D eigenvalue weighted by atomic mass is 79.9. The fourth-order valence-electron chi connectivity index (χ4n) is 1.46. The lowest BCUT2D eigenvalue weighted by Gasteiger charge is -2.06. The number of carbonyl (C=O) groups excluding carboxylic acids is 1. The third-order valence-electron chi connectivity index (χ3n) is 2.29. The molecule has 0 aliphatic rings. The van der Waals surface area contributed by atoms with Crippen LogP contribution in [-0.4, -0.2) is 6.03 Å². The second-order valence-corrected chi connectivity index (χ2v) is 5.64. The molecule has 0 saturated heterocycles. The topological polar surface area (TPSA) is 64.9 Å². The first kappa shape index (κ1) is 13.6. The number of nitrogens with zero attached hydrogens (tertiary/aromatic N) is 1. The van der Waals surface area contributed by atoms with Crippen molar-refractivity contribution in [3.63, 3.8) is 0 Å². The number of urea groups is 1. The number of thiophene rings is 1. The third-order valence-corrected chi connectivity index (χ3v) is 3.99. The van der Waals surface area contributed by atoms with Crippen molar-refractivity contribution in [3.8, 4) is 6.07 Å². The zero-order valence-corrected chi connectivity index (χ0v) is 12.2. The van der Waals surface area contributed by atoms with Crippen molar-refractivity contribution in [1.29, 1.82) is 5.26 Å². The quantitative estimate of drug-likeness (QED) is 0.897. The summed E-state index contributed by atoms with van der Waals surface area (Å²) in [7, 11) is 0. The van der Waals surface area contributed by atoms with E-state index in [1.54, 1.807) is 35.6 Å². The maximum absolute atomic E-state index is 11.7. The Morgan fingerprint density at radius 3 is 2.95 bits per heavy atom. The minimum absolute atomic E-state index is 0.292. The van der Waals surface area contributed by atoms with Gasteiger partial charge in [0.25, 0.3) is 0 Å². The molecular weight excluding hydrogens is 326 g/mol. The second kappa shape index (κ2) is 6.36. The van der Waals surface area contributed by atoms with Gasteiger partial charge >= 0.3 is 6.03 Å². The fraction of sp³-hybridized carbons (Fsp3) is 0.0769. The molecule has 6 heteroatoms. The van der Waals surface area contributed by atoms with Gasteiger partial charge in [0.05, 0.1) is 18.2 Å². The van der Waals surface area contributed by atoms with Crippen LogP contribution < -0.4 is 10.6 Å². The molecule has 0 radical (unpaired) electrons. The Labute approximate surface area is 123 Å². The van der Waals surface area contributed by atoms with E-state index in [1.807, 2.05) is 17.5 Å². The Bertz CT molecular complexity index is 633. The predicted molar refractivity (Wildman–Crippen MR) is 79.0 cm³/mol. The maximum Gasteiger partial charge on any atom is 0.319 e. The van der Waals surface area contributed by atoms with Crippen LogP contribution in [-0.2, 0) is 6.54 Å². The van der Waals surface area contributed by atoms with E-state index in [0.29, 0.717) is 17.8 Å². The van der Waals surface area contributed by atoms with Gasteiger partial charge in [-0.3, -0.25) is 0 Å². The summed E-state index contributed by atoms with van der Waals surface area (Å²) in [5.74, 6) is 0. The summed E-state index contributed by atoms with van der Waals surface area (Å²) < 4.78 is 1.01. The van der Waals surface area contributed by atoms with Gasteiger partial charge in [-0.1, -0.05) is 6.07 Å². The molecule has 0 atom stereocenters. The van der Waals surface area contributed by atoms with Gasteiger partial charge in [0.1, 0.15) is 0 Å². The van der Waals surface area contributed by atoms with Gasteiger partial charge in [-0.15, -0.1) is 11.3 Å². The van der Waals surface area contributed by atoms with E-state index in [9.17, 15) is 4.79 Å². The largest absolute Gasteiger partial charge is 0.333 e. The van der Waals surface area contributed by atoms with E-state index in [-0.39, 0.29) is 6.03 Å². The second-order valence-electron chi connectivity index (χ2n) is 3.73. The van der Waals surface area contributed by atoms with Crippen LogP contribution in [0.1, 0.15) is 10.4 Å². The van der Waals surface area contributed by atoms with Crippen molar-refractivity contribution in [2.24, 2.45) is 0 Å². The first-order valence-electron chi connectivity index (χ1n) is 5.45. The van der Waals surface area contributed by atoms with Crippen LogP contribution >= 0.6 is 27.3 Å². The number of nitrogens with one attached hydrogen (secondary N) is 2. The number of amides is 2. The Hall–Kier alpha value is -1.84. The highest BCUT2D eigenvalue weighted by Gasteiger charge is 2.03. The lowest BCUT2D eigenvalue weighted by Crippen LogP contribution is -2.27. The van der Waals surface area contributed by atoms with Crippen molar-refractivity contribution in [2.45, 2.75) is 6.54 Å². The lowest BCUT2D eigenvalue weighted by molar-refractivity contribution is 0.252. The third kappa shape index (κ3) is 4.09. The van der Waals surface area contributed by atoms with E-state index in [4.69, 9.17) is 5.26 Å². The average Bonchev–Trinajstić information content (AvgIpc) is 2.82. The van der Waals surface area contributed by atoms with Crippen LogP contribution in [0.2, 0.25) is 0 Å². The maximum atomic E-state index is 11.7. The predicted octanol–water partition coefficient (Wildman–Crippen LogP) is 3.70. The molecular formula is C13H10BrN3OS. The minimum atomic E-state index is -0.292. The van der Waals surface area contributed by atoms with E-state index >= 15 is 0 Å². The molecule has 2 amide bonds. The SMILES string of the molecule is N#Cc1cccc(NC(=O)NCc2cc(Br)cs2)c1. The molecule has 96 valence electrons. The molecule has 0 aliphatic carbocycles. The molecule has 4 nitrogen and oxygen atoms in total. The number of halogens is 1. The fourth-order valence-corrected chi connectivity index (χ4v) is 2.85. The molecule has 0 fully saturated rings. The molecule has 2 rings (SSSR count).